The first-order chi connectivity index (χ1) is 6.84. The standard InChI is InChI=1S/C12H18O2/c13-11(6-5-10-3-4-10)7-8-12-2-1-9-14-12/h1-2,9-11,13H,3-8H2. The molecule has 2 nitrogen and oxygen atoms in total. The van der Waals surface area contributed by atoms with Crippen LogP contribution in [0.25, 0.3) is 0 Å². The molecule has 1 heterocycles. The van der Waals surface area contributed by atoms with Crippen LogP contribution in [0.3, 0.4) is 0 Å². The monoisotopic (exact) mass is 194 g/mol. The van der Waals surface area contributed by atoms with Gasteiger partial charge in [-0.3, -0.25) is 0 Å². The summed E-state index contributed by atoms with van der Waals surface area (Å²) in [6.45, 7) is 0. The van der Waals surface area contributed by atoms with Crippen molar-refractivity contribution in [2.45, 2.75) is 44.6 Å². The first kappa shape index (κ1) is 9.78. The highest BCUT2D eigenvalue weighted by molar-refractivity contribution is 4.98. The van der Waals surface area contributed by atoms with E-state index in [2.05, 4.69) is 0 Å². The fourth-order valence-corrected chi connectivity index (χ4v) is 1.74. The summed E-state index contributed by atoms with van der Waals surface area (Å²) in [5.74, 6) is 1.91. The number of hydrogen-bond acceptors (Lipinski definition) is 2. The first-order valence-corrected chi connectivity index (χ1v) is 5.55. The molecule has 1 aromatic rings. The van der Waals surface area contributed by atoms with Gasteiger partial charge in [-0.05, 0) is 37.3 Å². The Hall–Kier alpha value is -0.760. The van der Waals surface area contributed by atoms with Gasteiger partial charge in [-0.25, -0.2) is 0 Å². The van der Waals surface area contributed by atoms with Crippen molar-refractivity contribution in [3.8, 4) is 0 Å². The third-order valence-corrected chi connectivity index (χ3v) is 2.91. The molecule has 14 heavy (non-hydrogen) atoms. The van der Waals surface area contributed by atoms with E-state index in [1.807, 2.05) is 12.1 Å². The molecule has 1 aromatic heterocycles. The molecular weight excluding hydrogens is 176 g/mol. The Morgan fingerprint density at radius 1 is 1.43 bits per heavy atom. The van der Waals surface area contributed by atoms with Crippen LogP contribution in [0.1, 0.15) is 37.9 Å². The highest BCUT2D eigenvalue weighted by Gasteiger charge is 2.21. The second kappa shape index (κ2) is 4.65. The van der Waals surface area contributed by atoms with Gasteiger partial charge in [-0.15, -0.1) is 0 Å². The average molecular weight is 194 g/mol. The van der Waals surface area contributed by atoms with E-state index in [0.29, 0.717) is 0 Å². The van der Waals surface area contributed by atoms with Gasteiger partial charge < -0.3 is 9.52 Å². The summed E-state index contributed by atoms with van der Waals surface area (Å²) in [6.07, 6.45) is 8.17. The second-order valence-electron chi connectivity index (χ2n) is 4.29. The molecule has 0 aromatic carbocycles. The highest BCUT2D eigenvalue weighted by atomic mass is 16.3. The summed E-state index contributed by atoms with van der Waals surface area (Å²) < 4.78 is 5.21. The van der Waals surface area contributed by atoms with Crippen LogP contribution >= 0.6 is 0 Å². The van der Waals surface area contributed by atoms with Gasteiger partial charge in [-0.1, -0.05) is 12.8 Å². The van der Waals surface area contributed by atoms with Crippen molar-refractivity contribution in [1.82, 2.24) is 0 Å². The van der Waals surface area contributed by atoms with Crippen LogP contribution in [-0.2, 0) is 6.42 Å². The maximum atomic E-state index is 9.68. The van der Waals surface area contributed by atoms with Gasteiger partial charge in [0, 0.05) is 6.42 Å². The topological polar surface area (TPSA) is 33.4 Å². The van der Waals surface area contributed by atoms with Gasteiger partial charge in [0.25, 0.3) is 0 Å². The zero-order chi connectivity index (χ0) is 9.80. The summed E-state index contributed by atoms with van der Waals surface area (Å²) in [5.41, 5.74) is 0. The number of rotatable bonds is 6. The molecule has 2 rings (SSSR count). The van der Waals surface area contributed by atoms with Gasteiger partial charge in [-0.2, -0.15) is 0 Å². The molecule has 0 saturated heterocycles. The van der Waals surface area contributed by atoms with Crippen molar-refractivity contribution in [2.75, 3.05) is 0 Å². The summed E-state index contributed by atoms with van der Waals surface area (Å²) in [7, 11) is 0. The van der Waals surface area contributed by atoms with Crippen LogP contribution < -0.4 is 0 Å². The first-order valence-electron chi connectivity index (χ1n) is 5.55. The Morgan fingerprint density at radius 2 is 2.29 bits per heavy atom. The van der Waals surface area contributed by atoms with Gasteiger partial charge >= 0.3 is 0 Å². The van der Waals surface area contributed by atoms with Crippen LogP contribution in [0.5, 0.6) is 0 Å². The molecule has 0 radical (unpaired) electrons. The number of aliphatic hydroxyl groups is 1. The summed E-state index contributed by atoms with van der Waals surface area (Å²) >= 11 is 0. The predicted octanol–water partition coefficient (Wildman–Crippen LogP) is 2.76. The molecule has 1 aliphatic carbocycles. The molecule has 1 atom stereocenters. The molecule has 1 N–H and O–H groups in total. The predicted molar refractivity (Wildman–Crippen MR) is 55.0 cm³/mol. The smallest absolute Gasteiger partial charge is 0.103 e. The number of aryl methyl sites for hydroxylation is 1. The zero-order valence-electron chi connectivity index (χ0n) is 8.48. The molecule has 1 aliphatic rings. The number of furan rings is 1. The lowest BCUT2D eigenvalue weighted by Crippen LogP contribution is -2.07. The molecule has 78 valence electrons. The zero-order valence-corrected chi connectivity index (χ0v) is 8.48. The van der Waals surface area contributed by atoms with Gasteiger partial charge in [0.05, 0.1) is 12.4 Å². The SMILES string of the molecule is OC(CCc1ccco1)CCC1CC1. The number of aliphatic hydroxyl groups excluding tert-OH is 1. The van der Waals surface area contributed by atoms with E-state index < -0.39 is 0 Å². The van der Waals surface area contributed by atoms with Crippen molar-refractivity contribution in [1.29, 1.82) is 0 Å². The maximum absolute atomic E-state index is 9.68. The minimum Gasteiger partial charge on any atom is -0.469 e. The minimum atomic E-state index is -0.138. The fraction of sp³-hybridized carbons (Fsp3) is 0.667. The van der Waals surface area contributed by atoms with Crippen molar-refractivity contribution < 1.29 is 9.52 Å². The minimum absolute atomic E-state index is 0.138. The Kier molecular flexibility index (Phi) is 3.25. The van der Waals surface area contributed by atoms with Crippen LogP contribution in [0.4, 0.5) is 0 Å². The van der Waals surface area contributed by atoms with E-state index in [9.17, 15) is 5.11 Å². The third kappa shape index (κ3) is 3.18. The van der Waals surface area contributed by atoms with E-state index in [4.69, 9.17) is 4.42 Å². The van der Waals surface area contributed by atoms with Crippen molar-refractivity contribution in [3.63, 3.8) is 0 Å². The molecule has 1 saturated carbocycles. The lowest BCUT2D eigenvalue weighted by molar-refractivity contribution is 0.148. The third-order valence-electron chi connectivity index (χ3n) is 2.91. The van der Waals surface area contributed by atoms with Crippen molar-refractivity contribution >= 4 is 0 Å². The maximum Gasteiger partial charge on any atom is 0.103 e. The molecule has 0 aliphatic heterocycles. The van der Waals surface area contributed by atoms with Crippen molar-refractivity contribution in [2.24, 2.45) is 5.92 Å². The largest absolute Gasteiger partial charge is 0.469 e. The van der Waals surface area contributed by atoms with Crippen LogP contribution in [-0.4, -0.2) is 11.2 Å². The molecule has 0 spiro atoms. The molecule has 1 fully saturated rings. The normalized spacial score (nSPS) is 18.4. The van der Waals surface area contributed by atoms with E-state index in [1.165, 1.54) is 19.3 Å². The van der Waals surface area contributed by atoms with Gasteiger partial charge in [0.2, 0.25) is 0 Å². The van der Waals surface area contributed by atoms with Gasteiger partial charge in [0.1, 0.15) is 5.76 Å². The van der Waals surface area contributed by atoms with Crippen LogP contribution in [0.15, 0.2) is 22.8 Å². The Labute approximate surface area is 84.9 Å². The Bertz CT molecular complexity index is 249. The van der Waals surface area contributed by atoms with E-state index in [1.54, 1.807) is 6.26 Å². The molecule has 1 unspecified atom stereocenters. The van der Waals surface area contributed by atoms with E-state index in [0.717, 1.165) is 30.9 Å². The quantitative estimate of drug-likeness (QED) is 0.755. The summed E-state index contributed by atoms with van der Waals surface area (Å²) in [6, 6.07) is 3.86. The molecule has 0 bridgehead atoms. The second-order valence-corrected chi connectivity index (χ2v) is 4.29. The Balaban J connectivity index is 1.59. The van der Waals surface area contributed by atoms with Crippen LogP contribution in [0.2, 0.25) is 0 Å². The highest BCUT2D eigenvalue weighted by Crippen LogP contribution is 2.34. The number of hydrogen-bond donors (Lipinski definition) is 1. The summed E-state index contributed by atoms with van der Waals surface area (Å²) in [4.78, 5) is 0. The lowest BCUT2D eigenvalue weighted by atomic mass is 10.1. The van der Waals surface area contributed by atoms with Crippen LogP contribution in [0, 0.1) is 5.92 Å². The van der Waals surface area contributed by atoms with Crippen molar-refractivity contribution in [3.05, 3.63) is 24.2 Å². The Morgan fingerprint density at radius 3 is 2.93 bits per heavy atom. The fourth-order valence-electron chi connectivity index (χ4n) is 1.74. The molecule has 0 amide bonds. The summed E-state index contributed by atoms with van der Waals surface area (Å²) in [5, 5.41) is 9.68. The van der Waals surface area contributed by atoms with E-state index in [-0.39, 0.29) is 6.10 Å². The molecule has 2 heteroatoms. The van der Waals surface area contributed by atoms with E-state index >= 15 is 0 Å². The average Bonchev–Trinajstić information content (AvgIpc) is 2.87. The van der Waals surface area contributed by atoms with Gasteiger partial charge in [0.15, 0.2) is 0 Å². The molecular formula is C12H18O2. The lowest BCUT2D eigenvalue weighted by Gasteiger charge is -2.08.